The highest BCUT2D eigenvalue weighted by atomic mass is 32.2. The molecule has 0 fully saturated rings. The number of ether oxygens (including phenoxy) is 2. The first-order chi connectivity index (χ1) is 9.31. The highest BCUT2D eigenvalue weighted by Gasteiger charge is 2.27. The first-order valence-electron chi connectivity index (χ1n) is 5.87. The van der Waals surface area contributed by atoms with Gasteiger partial charge in [0.1, 0.15) is 0 Å². The summed E-state index contributed by atoms with van der Waals surface area (Å²) in [5.74, 6) is -0.588. The molecule has 7 nitrogen and oxygen atoms in total. The van der Waals surface area contributed by atoms with Crippen molar-refractivity contribution in [3.05, 3.63) is 18.2 Å². The molecule has 112 valence electrons. The first-order valence-corrected chi connectivity index (χ1v) is 7.41. The van der Waals surface area contributed by atoms with E-state index in [0.29, 0.717) is 18.1 Å². The fourth-order valence-corrected chi connectivity index (χ4v) is 2.29. The Bertz CT molecular complexity index is 584. The Hall–Kier alpha value is -1.96. The number of rotatable bonds is 7. The molecule has 0 saturated heterocycles. The van der Waals surface area contributed by atoms with E-state index in [1.165, 1.54) is 19.2 Å². The van der Waals surface area contributed by atoms with Crippen LogP contribution in [0.4, 0.5) is 5.69 Å². The Balaban J connectivity index is 3.02. The molecule has 0 bridgehead atoms. The van der Waals surface area contributed by atoms with E-state index in [9.17, 15) is 13.2 Å². The second-order valence-corrected chi connectivity index (χ2v) is 5.93. The highest BCUT2D eigenvalue weighted by molar-refractivity contribution is 7.94. The molecule has 0 aromatic heterocycles. The quantitative estimate of drug-likeness (QED) is 0.787. The predicted molar refractivity (Wildman–Crippen MR) is 73.8 cm³/mol. The smallest absolute Gasteiger partial charge is 0.323 e. The molecule has 1 aromatic carbocycles. The van der Waals surface area contributed by atoms with Crippen LogP contribution in [0.3, 0.4) is 0 Å². The number of methoxy groups -OCH3 is 1. The first kappa shape index (κ1) is 16.1. The molecule has 0 radical (unpaired) electrons. The van der Waals surface area contributed by atoms with Crippen LogP contribution in [0.15, 0.2) is 18.2 Å². The molecule has 0 heterocycles. The number of aliphatic carboxylic acids is 1. The maximum Gasteiger partial charge on any atom is 0.323 e. The predicted octanol–water partition coefficient (Wildman–Crippen LogP) is 1.31. The Labute approximate surface area is 117 Å². The van der Waals surface area contributed by atoms with Gasteiger partial charge in [-0.2, -0.15) is 0 Å². The maximum atomic E-state index is 11.8. The third-order valence-electron chi connectivity index (χ3n) is 2.54. The molecule has 0 aliphatic carbocycles. The summed E-state index contributed by atoms with van der Waals surface area (Å²) in [6, 6.07) is 4.45. The van der Waals surface area contributed by atoms with Crippen LogP contribution in [0.5, 0.6) is 11.5 Å². The Morgan fingerprint density at radius 3 is 2.55 bits per heavy atom. The van der Waals surface area contributed by atoms with E-state index in [2.05, 4.69) is 4.72 Å². The van der Waals surface area contributed by atoms with Crippen LogP contribution in [-0.4, -0.2) is 38.5 Å². The summed E-state index contributed by atoms with van der Waals surface area (Å²) in [4.78, 5) is 10.7. The van der Waals surface area contributed by atoms with Crippen LogP contribution in [0.2, 0.25) is 0 Å². The topological polar surface area (TPSA) is 102 Å². The summed E-state index contributed by atoms with van der Waals surface area (Å²) < 4.78 is 36.2. The zero-order valence-corrected chi connectivity index (χ0v) is 12.2. The lowest BCUT2D eigenvalue weighted by molar-refractivity contribution is -0.136. The third kappa shape index (κ3) is 3.77. The molecule has 0 aliphatic rings. The van der Waals surface area contributed by atoms with Gasteiger partial charge in [0, 0.05) is 6.07 Å². The molecule has 0 amide bonds. The normalized spacial score (nSPS) is 12.6. The van der Waals surface area contributed by atoms with Crippen molar-refractivity contribution in [3.63, 3.8) is 0 Å². The van der Waals surface area contributed by atoms with Gasteiger partial charge in [-0.25, -0.2) is 8.42 Å². The minimum Gasteiger partial charge on any atom is -0.493 e. The number of hydrogen-bond donors (Lipinski definition) is 2. The lowest BCUT2D eigenvalue weighted by atomic mass is 10.3. The van der Waals surface area contributed by atoms with Gasteiger partial charge in [0.15, 0.2) is 16.7 Å². The van der Waals surface area contributed by atoms with Gasteiger partial charge in [0.25, 0.3) is 0 Å². The van der Waals surface area contributed by atoms with Crippen LogP contribution in [0.1, 0.15) is 13.8 Å². The standard InChI is InChI=1S/C12H17NO6S/c1-4-19-10-6-5-9(7-11(10)18-3)13-20(16,17)8(2)12(14)15/h5-8,13H,4H2,1-3H3,(H,14,15). The molecule has 0 saturated carbocycles. The Morgan fingerprint density at radius 1 is 1.40 bits per heavy atom. The molecular weight excluding hydrogens is 286 g/mol. The molecule has 1 atom stereocenters. The van der Waals surface area contributed by atoms with E-state index in [0.717, 1.165) is 6.92 Å². The van der Waals surface area contributed by atoms with Crippen LogP contribution < -0.4 is 14.2 Å². The minimum absolute atomic E-state index is 0.207. The van der Waals surface area contributed by atoms with Crippen molar-refractivity contribution in [2.45, 2.75) is 19.1 Å². The highest BCUT2D eigenvalue weighted by Crippen LogP contribution is 2.30. The number of benzene rings is 1. The van der Waals surface area contributed by atoms with Crippen molar-refractivity contribution >= 4 is 21.7 Å². The summed E-state index contributed by atoms with van der Waals surface area (Å²) in [6.45, 7) is 3.35. The number of sulfonamides is 1. The van der Waals surface area contributed by atoms with Crippen molar-refractivity contribution in [3.8, 4) is 11.5 Å². The lowest BCUT2D eigenvalue weighted by Crippen LogP contribution is -2.32. The fourth-order valence-electron chi connectivity index (χ4n) is 1.39. The molecular formula is C12H17NO6S. The van der Waals surface area contributed by atoms with E-state index in [1.54, 1.807) is 6.07 Å². The van der Waals surface area contributed by atoms with Gasteiger partial charge in [-0.1, -0.05) is 0 Å². The van der Waals surface area contributed by atoms with Gasteiger partial charge in [-0.05, 0) is 26.0 Å². The number of hydrogen-bond acceptors (Lipinski definition) is 5. The van der Waals surface area contributed by atoms with Crippen molar-refractivity contribution in [1.29, 1.82) is 0 Å². The summed E-state index contributed by atoms with van der Waals surface area (Å²) in [7, 11) is -2.58. The van der Waals surface area contributed by atoms with Crippen molar-refractivity contribution < 1.29 is 27.8 Å². The average molecular weight is 303 g/mol. The largest absolute Gasteiger partial charge is 0.493 e. The maximum absolute atomic E-state index is 11.8. The Morgan fingerprint density at radius 2 is 2.05 bits per heavy atom. The van der Waals surface area contributed by atoms with Crippen LogP contribution in [-0.2, 0) is 14.8 Å². The van der Waals surface area contributed by atoms with Crippen LogP contribution in [0, 0.1) is 0 Å². The van der Waals surface area contributed by atoms with E-state index >= 15 is 0 Å². The summed E-state index contributed by atoms with van der Waals surface area (Å²) in [5.41, 5.74) is 0.207. The van der Waals surface area contributed by atoms with Gasteiger partial charge in [-0.15, -0.1) is 0 Å². The molecule has 1 rings (SSSR count). The van der Waals surface area contributed by atoms with E-state index in [4.69, 9.17) is 14.6 Å². The summed E-state index contributed by atoms with van der Waals surface area (Å²) in [5, 5.41) is 7.19. The molecule has 0 spiro atoms. The van der Waals surface area contributed by atoms with Gasteiger partial charge < -0.3 is 14.6 Å². The van der Waals surface area contributed by atoms with Crippen molar-refractivity contribution in [1.82, 2.24) is 0 Å². The summed E-state index contributed by atoms with van der Waals surface area (Å²) in [6.07, 6.45) is 0. The van der Waals surface area contributed by atoms with Crippen LogP contribution in [0.25, 0.3) is 0 Å². The van der Waals surface area contributed by atoms with E-state index in [-0.39, 0.29) is 5.69 Å². The fraction of sp³-hybridized carbons (Fsp3) is 0.417. The zero-order chi connectivity index (χ0) is 15.3. The molecule has 2 N–H and O–H groups in total. The zero-order valence-electron chi connectivity index (χ0n) is 11.4. The van der Waals surface area contributed by atoms with Gasteiger partial charge in [0.05, 0.1) is 19.4 Å². The minimum atomic E-state index is -4.01. The second-order valence-electron chi connectivity index (χ2n) is 3.93. The van der Waals surface area contributed by atoms with Crippen LogP contribution >= 0.6 is 0 Å². The number of anilines is 1. The van der Waals surface area contributed by atoms with Gasteiger partial charge in [0.2, 0.25) is 10.0 Å². The average Bonchev–Trinajstić information content (AvgIpc) is 2.39. The SMILES string of the molecule is CCOc1ccc(NS(=O)(=O)C(C)C(=O)O)cc1OC. The Kier molecular flexibility index (Phi) is 5.20. The number of carboxylic acid groups (broad SMARTS) is 1. The van der Waals surface area contributed by atoms with E-state index in [1.807, 2.05) is 6.92 Å². The van der Waals surface area contributed by atoms with Gasteiger partial charge >= 0.3 is 5.97 Å². The monoisotopic (exact) mass is 303 g/mol. The number of nitrogens with one attached hydrogen (secondary N) is 1. The van der Waals surface area contributed by atoms with Crippen molar-refractivity contribution in [2.24, 2.45) is 0 Å². The van der Waals surface area contributed by atoms with Gasteiger partial charge in [-0.3, -0.25) is 9.52 Å². The van der Waals surface area contributed by atoms with E-state index < -0.39 is 21.2 Å². The molecule has 8 heteroatoms. The second kappa shape index (κ2) is 6.47. The molecule has 1 unspecified atom stereocenters. The molecule has 20 heavy (non-hydrogen) atoms. The lowest BCUT2D eigenvalue weighted by Gasteiger charge is -2.14. The summed E-state index contributed by atoms with van der Waals surface area (Å²) >= 11 is 0. The number of carboxylic acids is 1. The third-order valence-corrected chi connectivity index (χ3v) is 4.19. The van der Waals surface area contributed by atoms with Crippen molar-refractivity contribution in [2.75, 3.05) is 18.4 Å². The molecule has 0 aliphatic heterocycles. The number of carbonyl (C=O) groups is 1. The molecule has 1 aromatic rings.